The van der Waals surface area contributed by atoms with Crippen molar-refractivity contribution in [2.45, 2.75) is 32.7 Å². The van der Waals surface area contributed by atoms with Gasteiger partial charge in [-0.1, -0.05) is 12.1 Å². The second kappa shape index (κ2) is 6.80. The number of benzene rings is 1. The van der Waals surface area contributed by atoms with Crippen molar-refractivity contribution in [3.05, 3.63) is 29.8 Å². The first-order valence-electron chi connectivity index (χ1n) is 7.38. The summed E-state index contributed by atoms with van der Waals surface area (Å²) in [4.78, 5) is 11.7. The fourth-order valence-corrected chi connectivity index (χ4v) is 2.08. The van der Waals surface area contributed by atoms with Crippen LogP contribution in [-0.4, -0.2) is 36.9 Å². The van der Waals surface area contributed by atoms with Crippen molar-refractivity contribution in [3.8, 4) is 5.75 Å². The Hall–Kier alpha value is -1.75. The second-order valence-electron chi connectivity index (χ2n) is 6.01. The van der Waals surface area contributed by atoms with Gasteiger partial charge in [-0.05, 0) is 44.4 Å². The molecule has 21 heavy (non-hydrogen) atoms. The molecule has 0 radical (unpaired) electrons. The predicted molar refractivity (Wildman–Crippen MR) is 81.4 cm³/mol. The molecule has 1 fully saturated rings. The van der Waals surface area contributed by atoms with Crippen LogP contribution in [0.3, 0.4) is 0 Å². The van der Waals surface area contributed by atoms with E-state index >= 15 is 0 Å². The van der Waals surface area contributed by atoms with Gasteiger partial charge in [0.2, 0.25) is 0 Å². The fourth-order valence-electron chi connectivity index (χ4n) is 2.08. The van der Waals surface area contributed by atoms with E-state index in [0.717, 1.165) is 24.2 Å². The minimum Gasteiger partial charge on any atom is -0.491 e. The van der Waals surface area contributed by atoms with E-state index in [0.29, 0.717) is 13.2 Å². The quantitative estimate of drug-likeness (QED) is 0.718. The Kier molecular flexibility index (Phi) is 5.07. The zero-order chi connectivity index (χ0) is 15.3. The van der Waals surface area contributed by atoms with Crippen molar-refractivity contribution in [3.63, 3.8) is 0 Å². The molecule has 1 aromatic carbocycles. The zero-order valence-corrected chi connectivity index (χ0v) is 12.7. The number of aliphatic hydroxyl groups is 1. The lowest BCUT2D eigenvalue weighted by atomic mass is 10.1. The first kappa shape index (κ1) is 15.6. The van der Waals surface area contributed by atoms with E-state index < -0.39 is 0 Å². The normalized spacial score (nSPS) is 16.9. The topological polar surface area (TPSA) is 70.6 Å². The van der Waals surface area contributed by atoms with Crippen LogP contribution in [0.5, 0.6) is 5.75 Å². The molecular weight excluding hydrogens is 268 g/mol. The molecule has 5 heteroatoms. The number of amides is 2. The number of carbonyl (C=O) groups is 1. The third kappa shape index (κ3) is 4.93. The van der Waals surface area contributed by atoms with Crippen molar-refractivity contribution < 1.29 is 14.6 Å². The molecule has 1 unspecified atom stereocenters. The van der Waals surface area contributed by atoms with Crippen LogP contribution in [0.15, 0.2) is 24.3 Å². The Balaban J connectivity index is 1.66. The van der Waals surface area contributed by atoms with Crippen molar-refractivity contribution in [2.24, 2.45) is 5.41 Å². The van der Waals surface area contributed by atoms with E-state index in [-0.39, 0.29) is 24.1 Å². The molecule has 0 saturated heterocycles. The van der Waals surface area contributed by atoms with E-state index in [1.54, 1.807) is 0 Å². The monoisotopic (exact) mass is 292 g/mol. The number of rotatable bonds is 7. The first-order valence-corrected chi connectivity index (χ1v) is 7.38. The average Bonchev–Trinajstić information content (AvgIpc) is 3.24. The van der Waals surface area contributed by atoms with Gasteiger partial charge in [0.15, 0.2) is 0 Å². The van der Waals surface area contributed by atoms with Gasteiger partial charge in [-0.3, -0.25) is 0 Å². The highest BCUT2D eigenvalue weighted by molar-refractivity contribution is 5.74. The van der Waals surface area contributed by atoms with Crippen LogP contribution < -0.4 is 15.4 Å². The molecule has 1 aliphatic carbocycles. The molecule has 0 heterocycles. The van der Waals surface area contributed by atoms with E-state index in [1.807, 2.05) is 38.1 Å². The number of nitrogens with one attached hydrogen (secondary N) is 2. The summed E-state index contributed by atoms with van der Waals surface area (Å²) < 4.78 is 5.65. The van der Waals surface area contributed by atoms with Crippen molar-refractivity contribution >= 4 is 6.03 Å². The largest absolute Gasteiger partial charge is 0.491 e. The second-order valence-corrected chi connectivity index (χ2v) is 6.01. The summed E-state index contributed by atoms with van der Waals surface area (Å²) in [5, 5.41) is 14.8. The van der Waals surface area contributed by atoms with E-state index in [2.05, 4.69) is 10.6 Å². The van der Waals surface area contributed by atoms with Gasteiger partial charge in [-0.15, -0.1) is 0 Å². The molecule has 3 N–H and O–H groups in total. The molecule has 2 rings (SSSR count). The van der Waals surface area contributed by atoms with Gasteiger partial charge < -0.3 is 20.5 Å². The molecule has 1 saturated carbocycles. The number of hydrogen-bond acceptors (Lipinski definition) is 3. The van der Waals surface area contributed by atoms with Crippen LogP contribution in [0.4, 0.5) is 4.79 Å². The number of aliphatic hydroxyl groups excluding tert-OH is 1. The van der Waals surface area contributed by atoms with Gasteiger partial charge in [0.25, 0.3) is 0 Å². The number of aryl methyl sites for hydroxylation is 1. The zero-order valence-electron chi connectivity index (χ0n) is 12.7. The molecule has 0 bridgehead atoms. The summed E-state index contributed by atoms with van der Waals surface area (Å²) in [5.74, 6) is 0.807. The first-order chi connectivity index (χ1) is 10.0. The average molecular weight is 292 g/mol. The van der Waals surface area contributed by atoms with Gasteiger partial charge >= 0.3 is 6.03 Å². The van der Waals surface area contributed by atoms with Crippen LogP contribution in [-0.2, 0) is 0 Å². The van der Waals surface area contributed by atoms with Gasteiger partial charge in [0.05, 0.1) is 12.6 Å². The molecule has 1 atom stereocenters. The number of ether oxygens (including phenoxy) is 1. The minimum absolute atomic E-state index is 0.0708. The third-order valence-corrected chi connectivity index (χ3v) is 3.78. The molecule has 0 aliphatic heterocycles. The smallest absolute Gasteiger partial charge is 0.315 e. The number of carbonyl (C=O) groups excluding carboxylic acids is 1. The summed E-state index contributed by atoms with van der Waals surface area (Å²) >= 11 is 0. The van der Waals surface area contributed by atoms with E-state index in [9.17, 15) is 9.90 Å². The van der Waals surface area contributed by atoms with Gasteiger partial charge in [-0.25, -0.2) is 4.79 Å². The van der Waals surface area contributed by atoms with Crippen LogP contribution >= 0.6 is 0 Å². The van der Waals surface area contributed by atoms with Crippen molar-refractivity contribution in [1.82, 2.24) is 10.6 Å². The lowest BCUT2D eigenvalue weighted by molar-refractivity contribution is 0.199. The Labute approximate surface area is 125 Å². The van der Waals surface area contributed by atoms with Crippen molar-refractivity contribution in [1.29, 1.82) is 0 Å². The Bertz CT molecular complexity index is 486. The van der Waals surface area contributed by atoms with Gasteiger partial charge in [0, 0.05) is 12.0 Å². The summed E-state index contributed by atoms with van der Waals surface area (Å²) in [6.45, 7) is 4.99. The summed E-state index contributed by atoms with van der Waals surface area (Å²) in [5.41, 5.74) is 1.07. The van der Waals surface area contributed by atoms with Gasteiger partial charge in [0.1, 0.15) is 12.4 Å². The van der Waals surface area contributed by atoms with Crippen LogP contribution in [0.25, 0.3) is 0 Å². The Morgan fingerprint density at radius 3 is 2.86 bits per heavy atom. The highest BCUT2D eigenvalue weighted by Crippen LogP contribution is 2.44. The number of urea groups is 1. The SMILES string of the molecule is Cc1cccc(OCC(C)NC(=O)NCC2(CO)CC2)c1. The highest BCUT2D eigenvalue weighted by Gasteiger charge is 2.42. The molecule has 0 spiro atoms. The van der Waals surface area contributed by atoms with Gasteiger partial charge in [-0.2, -0.15) is 0 Å². The molecular formula is C16H24N2O3. The molecule has 116 valence electrons. The van der Waals surface area contributed by atoms with Crippen LogP contribution in [0.1, 0.15) is 25.3 Å². The van der Waals surface area contributed by atoms with E-state index in [4.69, 9.17) is 4.74 Å². The predicted octanol–water partition coefficient (Wildman–Crippen LogP) is 1.83. The lowest BCUT2D eigenvalue weighted by Gasteiger charge is -2.17. The van der Waals surface area contributed by atoms with Crippen LogP contribution in [0.2, 0.25) is 0 Å². The molecule has 5 nitrogen and oxygen atoms in total. The third-order valence-electron chi connectivity index (χ3n) is 3.78. The highest BCUT2D eigenvalue weighted by atomic mass is 16.5. The summed E-state index contributed by atoms with van der Waals surface area (Å²) in [7, 11) is 0. The standard InChI is InChI=1S/C16H24N2O3/c1-12-4-3-5-14(8-12)21-9-13(2)18-15(20)17-10-16(11-19)6-7-16/h3-5,8,13,19H,6-7,9-11H2,1-2H3,(H2,17,18,20). The maximum absolute atomic E-state index is 11.7. The molecule has 2 amide bonds. The van der Waals surface area contributed by atoms with Crippen molar-refractivity contribution in [2.75, 3.05) is 19.8 Å². The Morgan fingerprint density at radius 1 is 1.48 bits per heavy atom. The van der Waals surface area contributed by atoms with E-state index in [1.165, 1.54) is 0 Å². The molecule has 0 aromatic heterocycles. The Morgan fingerprint density at radius 2 is 2.24 bits per heavy atom. The molecule has 1 aliphatic rings. The maximum Gasteiger partial charge on any atom is 0.315 e. The summed E-state index contributed by atoms with van der Waals surface area (Å²) in [6, 6.07) is 7.52. The van der Waals surface area contributed by atoms with Crippen LogP contribution in [0, 0.1) is 12.3 Å². The minimum atomic E-state index is -0.213. The lowest BCUT2D eigenvalue weighted by Crippen LogP contribution is -2.45. The summed E-state index contributed by atoms with van der Waals surface area (Å²) in [6.07, 6.45) is 1.96. The molecule has 1 aromatic rings. The fraction of sp³-hybridized carbons (Fsp3) is 0.562. The maximum atomic E-state index is 11.7. The number of hydrogen-bond donors (Lipinski definition) is 3.